The number of aromatic nitrogens is 3. The number of anilines is 1. The molecule has 1 aromatic carbocycles. The minimum atomic E-state index is -0.480. The van der Waals surface area contributed by atoms with Gasteiger partial charge >= 0.3 is 0 Å². The Kier molecular flexibility index (Phi) is 6.58. The van der Waals surface area contributed by atoms with E-state index in [1.807, 2.05) is 6.92 Å². The standard InChI is InChI=1S/C21H26FN7O2/c1-14-11-15-17(28-14)3-4-18(19(15)22)31-21-16(20(23)25-13-26-21)12-27-30-10-2-7-29-8-5-24-6-9-29/h3-4,11-13,24,28H,2,5-10H2,1H3,(H2,23,25,26). The Morgan fingerprint density at radius 2 is 2.13 bits per heavy atom. The number of rotatable bonds is 8. The number of nitrogen functional groups attached to an aromatic ring is 1. The SMILES string of the molecule is Cc1cc2c(F)c(Oc3ncnc(N)c3C=NOCCCN3CCNCC3)ccc2[nH]1. The van der Waals surface area contributed by atoms with E-state index in [4.69, 9.17) is 15.3 Å². The fourth-order valence-corrected chi connectivity index (χ4v) is 3.50. The highest BCUT2D eigenvalue weighted by Gasteiger charge is 2.15. The van der Waals surface area contributed by atoms with Crippen molar-refractivity contribution in [1.29, 1.82) is 0 Å². The number of oxime groups is 1. The molecule has 3 aromatic rings. The normalized spacial score (nSPS) is 15.0. The number of nitrogens with zero attached hydrogens (tertiary/aromatic N) is 4. The Labute approximate surface area is 179 Å². The molecule has 31 heavy (non-hydrogen) atoms. The molecule has 1 saturated heterocycles. The zero-order chi connectivity index (χ0) is 21.6. The lowest BCUT2D eigenvalue weighted by atomic mass is 10.2. The minimum absolute atomic E-state index is 0.0381. The van der Waals surface area contributed by atoms with Crippen LogP contribution in [0.4, 0.5) is 10.2 Å². The number of nitrogens with one attached hydrogen (secondary N) is 2. The van der Waals surface area contributed by atoms with Crippen LogP contribution in [0.3, 0.4) is 0 Å². The molecule has 0 amide bonds. The van der Waals surface area contributed by atoms with Gasteiger partial charge in [-0.2, -0.15) is 0 Å². The van der Waals surface area contributed by atoms with Gasteiger partial charge in [-0.1, -0.05) is 5.16 Å². The number of H-pyrrole nitrogens is 1. The van der Waals surface area contributed by atoms with E-state index in [2.05, 4.69) is 30.3 Å². The van der Waals surface area contributed by atoms with E-state index in [-0.39, 0.29) is 17.4 Å². The number of piperazine rings is 1. The molecule has 3 heterocycles. The lowest BCUT2D eigenvalue weighted by Gasteiger charge is -2.26. The van der Waals surface area contributed by atoms with E-state index in [1.165, 1.54) is 12.5 Å². The first-order chi connectivity index (χ1) is 15.1. The van der Waals surface area contributed by atoms with Gasteiger partial charge in [0.15, 0.2) is 11.6 Å². The monoisotopic (exact) mass is 427 g/mol. The molecule has 1 aliphatic heterocycles. The van der Waals surface area contributed by atoms with Gasteiger partial charge in [-0.3, -0.25) is 0 Å². The molecule has 0 bridgehead atoms. The maximum Gasteiger partial charge on any atom is 0.233 e. The summed E-state index contributed by atoms with van der Waals surface area (Å²) in [5.74, 6) is -0.175. The third-order valence-corrected chi connectivity index (χ3v) is 5.10. The van der Waals surface area contributed by atoms with Crippen molar-refractivity contribution >= 4 is 22.9 Å². The van der Waals surface area contributed by atoms with Crippen molar-refractivity contribution in [2.45, 2.75) is 13.3 Å². The maximum atomic E-state index is 14.9. The number of aromatic amines is 1. The van der Waals surface area contributed by atoms with Gasteiger partial charge in [0.05, 0.1) is 6.21 Å². The fraction of sp³-hybridized carbons (Fsp3) is 0.381. The second-order valence-electron chi connectivity index (χ2n) is 7.38. The average molecular weight is 427 g/mol. The summed E-state index contributed by atoms with van der Waals surface area (Å²) in [6, 6.07) is 5.02. The van der Waals surface area contributed by atoms with E-state index < -0.39 is 5.82 Å². The highest BCUT2D eigenvalue weighted by molar-refractivity contribution is 5.88. The van der Waals surface area contributed by atoms with Crippen LogP contribution in [0.2, 0.25) is 0 Å². The molecule has 1 aliphatic rings. The summed E-state index contributed by atoms with van der Waals surface area (Å²) in [5, 5.41) is 7.74. The van der Waals surface area contributed by atoms with Crippen LogP contribution < -0.4 is 15.8 Å². The molecule has 2 aromatic heterocycles. The van der Waals surface area contributed by atoms with Crippen LogP contribution in [0, 0.1) is 12.7 Å². The smallest absolute Gasteiger partial charge is 0.233 e. The van der Waals surface area contributed by atoms with Crippen LogP contribution in [-0.2, 0) is 4.84 Å². The first kappa shape index (κ1) is 21.0. The minimum Gasteiger partial charge on any atom is -0.435 e. The van der Waals surface area contributed by atoms with Crippen LogP contribution in [0.15, 0.2) is 29.7 Å². The quantitative estimate of drug-likeness (QED) is 0.287. The number of hydrogen-bond donors (Lipinski definition) is 3. The number of halogens is 1. The van der Waals surface area contributed by atoms with Crippen LogP contribution in [0.5, 0.6) is 11.6 Å². The van der Waals surface area contributed by atoms with Gasteiger partial charge in [-0.15, -0.1) is 0 Å². The van der Waals surface area contributed by atoms with Crippen LogP contribution in [0.1, 0.15) is 17.7 Å². The van der Waals surface area contributed by atoms with Gasteiger partial charge in [-0.25, -0.2) is 14.4 Å². The Balaban J connectivity index is 1.40. The zero-order valence-corrected chi connectivity index (χ0v) is 17.4. The molecule has 0 spiro atoms. The van der Waals surface area contributed by atoms with E-state index >= 15 is 0 Å². The van der Waals surface area contributed by atoms with Gasteiger partial charge in [0, 0.05) is 49.3 Å². The first-order valence-electron chi connectivity index (χ1n) is 10.3. The van der Waals surface area contributed by atoms with Crippen molar-refractivity contribution in [3.8, 4) is 11.6 Å². The zero-order valence-electron chi connectivity index (χ0n) is 17.4. The Morgan fingerprint density at radius 3 is 2.97 bits per heavy atom. The van der Waals surface area contributed by atoms with E-state index in [1.54, 1.807) is 18.2 Å². The van der Waals surface area contributed by atoms with Crippen molar-refractivity contribution < 1.29 is 14.0 Å². The molecule has 0 saturated carbocycles. The predicted molar refractivity (Wildman–Crippen MR) is 117 cm³/mol. The number of nitrogens with two attached hydrogens (primary N) is 1. The highest BCUT2D eigenvalue weighted by Crippen LogP contribution is 2.31. The van der Waals surface area contributed by atoms with Crippen molar-refractivity contribution in [2.24, 2.45) is 5.16 Å². The van der Waals surface area contributed by atoms with Gasteiger partial charge in [0.1, 0.15) is 24.3 Å². The Bertz CT molecular complexity index is 1060. The molecular weight excluding hydrogens is 401 g/mol. The van der Waals surface area contributed by atoms with Gasteiger partial charge < -0.3 is 30.5 Å². The lowest BCUT2D eigenvalue weighted by molar-refractivity contribution is 0.127. The van der Waals surface area contributed by atoms with Crippen molar-refractivity contribution in [3.63, 3.8) is 0 Å². The van der Waals surface area contributed by atoms with E-state index in [0.29, 0.717) is 23.1 Å². The lowest BCUT2D eigenvalue weighted by Crippen LogP contribution is -2.43. The summed E-state index contributed by atoms with van der Waals surface area (Å²) in [5.41, 5.74) is 7.84. The summed E-state index contributed by atoms with van der Waals surface area (Å²) in [7, 11) is 0. The summed E-state index contributed by atoms with van der Waals surface area (Å²) in [4.78, 5) is 18.9. The molecule has 1 fully saturated rings. The third-order valence-electron chi connectivity index (χ3n) is 5.10. The predicted octanol–water partition coefficient (Wildman–Crippen LogP) is 2.43. The molecular formula is C21H26FN7O2. The van der Waals surface area contributed by atoms with Gasteiger partial charge in [-0.05, 0) is 31.5 Å². The fourth-order valence-electron chi connectivity index (χ4n) is 3.50. The Morgan fingerprint density at radius 1 is 1.29 bits per heavy atom. The van der Waals surface area contributed by atoms with Crippen LogP contribution in [0.25, 0.3) is 10.9 Å². The molecule has 4 rings (SSSR count). The topological polar surface area (TPSA) is 114 Å². The molecule has 9 nitrogen and oxygen atoms in total. The number of hydrogen-bond acceptors (Lipinski definition) is 8. The summed E-state index contributed by atoms with van der Waals surface area (Å²) in [6.07, 6.45) is 3.52. The van der Waals surface area contributed by atoms with Crippen LogP contribution >= 0.6 is 0 Å². The third kappa shape index (κ3) is 5.09. The van der Waals surface area contributed by atoms with Crippen molar-refractivity contribution in [3.05, 3.63) is 41.6 Å². The summed E-state index contributed by atoms with van der Waals surface area (Å²) in [6.45, 7) is 7.44. The number of ether oxygens (including phenoxy) is 1. The maximum absolute atomic E-state index is 14.9. The first-order valence-corrected chi connectivity index (χ1v) is 10.3. The second kappa shape index (κ2) is 9.71. The molecule has 0 atom stereocenters. The number of benzene rings is 1. The summed E-state index contributed by atoms with van der Waals surface area (Å²) >= 11 is 0. The molecule has 10 heteroatoms. The molecule has 0 aliphatic carbocycles. The molecule has 0 radical (unpaired) electrons. The average Bonchev–Trinajstić information content (AvgIpc) is 3.16. The number of aryl methyl sites for hydroxylation is 1. The van der Waals surface area contributed by atoms with Crippen molar-refractivity contribution in [1.82, 2.24) is 25.2 Å². The van der Waals surface area contributed by atoms with E-state index in [9.17, 15) is 4.39 Å². The van der Waals surface area contributed by atoms with Gasteiger partial charge in [0.25, 0.3) is 0 Å². The van der Waals surface area contributed by atoms with Crippen LogP contribution in [-0.4, -0.2) is 65.4 Å². The van der Waals surface area contributed by atoms with Gasteiger partial charge in [0.2, 0.25) is 5.88 Å². The molecule has 164 valence electrons. The van der Waals surface area contributed by atoms with Crippen molar-refractivity contribution in [2.75, 3.05) is 45.1 Å². The largest absolute Gasteiger partial charge is 0.435 e. The van der Waals surface area contributed by atoms with E-state index in [0.717, 1.165) is 44.8 Å². The second-order valence-corrected chi connectivity index (χ2v) is 7.38. The molecule has 0 unspecified atom stereocenters. The number of fused-ring (bicyclic) bond motifs is 1. The molecule has 4 N–H and O–H groups in total. The Hall–Kier alpha value is -3.24. The highest BCUT2D eigenvalue weighted by atomic mass is 19.1. The summed E-state index contributed by atoms with van der Waals surface area (Å²) < 4.78 is 20.6.